The van der Waals surface area contributed by atoms with Gasteiger partial charge in [0.2, 0.25) is 5.91 Å². The number of ether oxygens (including phenoxy) is 2. The van der Waals surface area contributed by atoms with Gasteiger partial charge in [-0.1, -0.05) is 37.8 Å². The van der Waals surface area contributed by atoms with E-state index in [-0.39, 0.29) is 62.6 Å². The number of carbonyl (C=O) groups is 5. The van der Waals surface area contributed by atoms with Gasteiger partial charge in [-0.15, -0.1) is 0 Å². The summed E-state index contributed by atoms with van der Waals surface area (Å²) in [5, 5.41) is 13.5. The standard InChI is InChI=1S/C44H60N6O8.CH4/c1-30-26-32(27-31(2)41(30)53)28-38(58-44(56)49-21-14-36(15-22-49)50-23-13-35-6-3-4-7-37(35)45-43(50)55)42(54)48-19-11-34(12-20-48)33-9-17-46(18-10-33)29-40(52)57-25-24-47-16-5-8-39(47)51;/h3-4,6-7,26-27,33-34,36,38,53H,5,8-25,28-29H2,1-2H3,(H,45,55);1H4/t38-;/m1./s1. The normalized spacial score (nSPS) is 20.4. The highest BCUT2D eigenvalue weighted by molar-refractivity contribution is 5.91. The van der Waals surface area contributed by atoms with E-state index in [4.69, 9.17) is 9.47 Å². The number of para-hydroxylation sites is 1. The predicted molar refractivity (Wildman–Crippen MR) is 224 cm³/mol. The second kappa shape index (κ2) is 19.9. The minimum absolute atomic E-state index is 0. The number of phenolic OH excluding ortho intramolecular Hbond substituents is 1. The Balaban J connectivity index is 0.00000585. The zero-order valence-corrected chi connectivity index (χ0v) is 34.2. The second-order valence-electron chi connectivity index (χ2n) is 16.9. The molecule has 2 aromatic rings. The lowest BCUT2D eigenvalue weighted by Crippen LogP contribution is -2.52. The smallest absolute Gasteiger partial charge is 0.410 e. The lowest BCUT2D eigenvalue weighted by Gasteiger charge is -2.41. The molecule has 2 aromatic carbocycles. The third kappa shape index (κ3) is 10.9. The molecule has 2 N–H and O–H groups in total. The van der Waals surface area contributed by atoms with Crippen molar-refractivity contribution >= 4 is 35.6 Å². The number of aryl methyl sites for hydroxylation is 2. The average molecular weight is 817 g/mol. The quantitative estimate of drug-likeness (QED) is 0.286. The minimum atomic E-state index is -1.01. The van der Waals surface area contributed by atoms with Gasteiger partial charge in [-0.05, 0) is 118 Å². The highest BCUT2D eigenvalue weighted by Crippen LogP contribution is 2.33. The number of rotatable bonds is 11. The summed E-state index contributed by atoms with van der Waals surface area (Å²) in [4.78, 5) is 74.7. The van der Waals surface area contributed by atoms with Crippen molar-refractivity contribution in [2.45, 2.75) is 97.6 Å². The molecule has 0 saturated carbocycles. The van der Waals surface area contributed by atoms with E-state index in [1.165, 1.54) is 0 Å². The van der Waals surface area contributed by atoms with Gasteiger partial charge in [-0.25, -0.2) is 9.59 Å². The lowest BCUT2D eigenvalue weighted by atomic mass is 9.78. The first kappa shape index (κ1) is 43.7. The van der Waals surface area contributed by atoms with Gasteiger partial charge in [0.25, 0.3) is 5.91 Å². The van der Waals surface area contributed by atoms with Gasteiger partial charge in [0, 0.05) is 63.8 Å². The van der Waals surface area contributed by atoms with E-state index >= 15 is 0 Å². The molecule has 0 bridgehead atoms. The van der Waals surface area contributed by atoms with Crippen molar-refractivity contribution in [3.8, 4) is 5.75 Å². The topological polar surface area (TPSA) is 152 Å². The Morgan fingerprint density at radius 1 is 0.831 bits per heavy atom. The highest BCUT2D eigenvalue weighted by atomic mass is 16.6. The van der Waals surface area contributed by atoms with E-state index in [1.807, 2.05) is 60.0 Å². The molecule has 322 valence electrons. The summed E-state index contributed by atoms with van der Waals surface area (Å²) in [6.45, 7) is 9.62. The Bertz CT molecular complexity index is 1790. The van der Waals surface area contributed by atoms with Crippen LogP contribution in [0.4, 0.5) is 15.3 Å². The van der Waals surface area contributed by atoms with E-state index < -0.39 is 12.2 Å². The third-order valence-electron chi connectivity index (χ3n) is 13.1. The Labute approximate surface area is 349 Å². The van der Waals surface area contributed by atoms with E-state index in [0.29, 0.717) is 81.5 Å². The number of phenols is 1. The molecule has 0 aromatic heterocycles. The van der Waals surface area contributed by atoms with Crippen molar-refractivity contribution in [2.75, 3.05) is 77.4 Å². The van der Waals surface area contributed by atoms with Crippen molar-refractivity contribution in [1.82, 2.24) is 24.5 Å². The van der Waals surface area contributed by atoms with Gasteiger partial charge in [0.05, 0.1) is 13.1 Å². The van der Waals surface area contributed by atoms with Crippen LogP contribution in [0.1, 0.15) is 81.0 Å². The highest BCUT2D eigenvalue weighted by Gasteiger charge is 2.37. The van der Waals surface area contributed by atoms with Gasteiger partial charge < -0.3 is 39.5 Å². The molecule has 7 rings (SSSR count). The van der Waals surface area contributed by atoms with Crippen LogP contribution in [0, 0.1) is 25.7 Å². The van der Waals surface area contributed by atoms with Crippen LogP contribution in [0.15, 0.2) is 36.4 Å². The van der Waals surface area contributed by atoms with E-state index in [1.54, 1.807) is 9.80 Å². The summed E-state index contributed by atoms with van der Waals surface area (Å²) >= 11 is 0. The third-order valence-corrected chi connectivity index (χ3v) is 13.1. The van der Waals surface area contributed by atoms with E-state index in [9.17, 15) is 29.1 Å². The number of esters is 1. The average Bonchev–Trinajstić information content (AvgIpc) is 3.55. The lowest BCUT2D eigenvalue weighted by molar-refractivity contribution is -0.147. The van der Waals surface area contributed by atoms with Crippen molar-refractivity contribution in [2.24, 2.45) is 11.8 Å². The number of urea groups is 1. The summed E-state index contributed by atoms with van der Waals surface area (Å²) in [5.41, 5.74) is 4.18. The molecule has 14 nitrogen and oxygen atoms in total. The van der Waals surface area contributed by atoms with Gasteiger partial charge in [-0.3, -0.25) is 19.3 Å². The predicted octanol–water partition coefficient (Wildman–Crippen LogP) is 5.36. The van der Waals surface area contributed by atoms with Crippen LogP contribution in [0.5, 0.6) is 5.75 Å². The number of benzene rings is 2. The fourth-order valence-corrected chi connectivity index (χ4v) is 9.67. The van der Waals surface area contributed by atoms with Gasteiger partial charge in [0.15, 0.2) is 6.10 Å². The minimum Gasteiger partial charge on any atom is -0.507 e. The molecule has 59 heavy (non-hydrogen) atoms. The number of carbonyl (C=O) groups excluding carboxylic acids is 5. The molecule has 5 amide bonds. The summed E-state index contributed by atoms with van der Waals surface area (Å²) < 4.78 is 11.5. The largest absolute Gasteiger partial charge is 0.507 e. The van der Waals surface area contributed by atoms with Crippen LogP contribution in [-0.4, -0.2) is 144 Å². The summed E-state index contributed by atoms with van der Waals surface area (Å²) in [5.74, 6) is 0.888. The molecule has 14 heteroatoms. The fraction of sp³-hybridized carbons (Fsp3) is 0.622. The fourth-order valence-electron chi connectivity index (χ4n) is 9.67. The molecular formula is C45H64N6O8. The number of anilines is 1. The number of amides is 5. The molecule has 0 aliphatic carbocycles. The van der Waals surface area contributed by atoms with Gasteiger partial charge >= 0.3 is 18.1 Å². The molecule has 1 atom stereocenters. The SMILES string of the molecule is C.Cc1cc(C[C@@H](OC(=O)N2CCC(N3CCc4ccccc4NC3=O)CC2)C(=O)N2CCC(C3CCN(CC(=O)OCCN4CCCC4=O)CC3)CC2)cc(C)c1O. The molecule has 0 spiro atoms. The summed E-state index contributed by atoms with van der Waals surface area (Å²) in [6.07, 6.45) is 5.82. The molecular weight excluding hydrogens is 753 g/mol. The number of piperidine rings is 3. The molecule has 4 saturated heterocycles. The maximum absolute atomic E-state index is 14.2. The van der Waals surface area contributed by atoms with E-state index in [0.717, 1.165) is 75.0 Å². The van der Waals surface area contributed by atoms with Crippen LogP contribution in [0.3, 0.4) is 0 Å². The van der Waals surface area contributed by atoms with Crippen LogP contribution >= 0.6 is 0 Å². The van der Waals surface area contributed by atoms with Crippen LogP contribution in [-0.2, 0) is 36.7 Å². The number of hydrogen-bond acceptors (Lipinski definition) is 9. The molecule has 0 radical (unpaired) electrons. The Morgan fingerprint density at radius 2 is 1.47 bits per heavy atom. The first-order valence-corrected chi connectivity index (χ1v) is 21.4. The second-order valence-corrected chi connectivity index (χ2v) is 16.9. The van der Waals surface area contributed by atoms with Gasteiger partial charge in [0.1, 0.15) is 12.4 Å². The van der Waals surface area contributed by atoms with Crippen LogP contribution in [0.2, 0.25) is 0 Å². The molecule has 4 fully saturated rings. The van der Waals surface area contributed by atoms with Crippen molar-refractivity contribution in [3.05, 3.63) is 58.7 Å². The Hall–Kier alpha value is -4.85. The Kier molecular flexibility index (Phi) is 14.8. The molecule has 5 heterocycles. The van der Waals surface area contributed by atoms with Crippen molar-refractivity contribution < 1.29 is 38.6 Å². The summed E-state index contributed by atoms with van der Waals surface area (Å²) in [6, 6.07) is 11.4. The van der Waals surface area contributed by atoms with Crippen molar-refractivity contribution in [1.29, 1.82) is 0 Å². The first-order chi connectivity index (χ1) is 28.0. The number of likely N-dealkylation sites (tertiary alicyclic amines) is 4. The molecule has 5 aliphatic rings. The number of nitrogens with zero attached hydrogens (tertiary/aromatic N) is 5. The first-order valence-electron chi connectivity index (χ1n) is 21.4. The van der Waals surface area contributed by atoms with Crippen molar-refractivity contribution in [3.63, 3.8) is 0 Å². The summed E-state index contributed by atoms with van der Waals surface area (Å²) in [7, 11) is 0. The number of fused-ring (bicyclic) bond motifs is 1. The molecule has 0 unspecified atom stereocenters. The monoisotopic (exact) mass is 816 g/mol. The van der Waals surface area contributed by atoms with Crippen LogP contribution < -0.4 is 5.32 Å². The number of hydrogen-bond donors (Lipinski definition) is 2. The molecule has 5 aliphatic heterocycles. The van der Waals surface area contributed by atoms with Crippen LogP contribution in [0.25, 0.3) is 0 Å². The Morgan fingerprint density at radius 3 is 2.14 bits per heavy atom. The van der Waals surface area contributed by atoms with E-state index in [2.05, 4.69) is 10.2 Å². The van der Waals surface area contributed by atoms with Gasteiger partial charge in [-0.2, -0.15) is 0 Å². The number of nitrogens with one attached hydrogen (secondary N) is 1. The zero-order chi connectivity index (χ0) is 40.8. The number of aromatic hydroxyl groups is 1. The zero-order valence-electron chi connectivity index (χ0n) is 34.2. The maximum atomic E-state index is 14.2. The maximum Gasteiger partial charge on any atom is 0.410 e.